The molecule has 1 aliphatic rings. The van der Waals surface area contributed by atoms with Crippen LogP contribution in [0.4, 0.5) is 11.4 Å². The molecule has 6 nitrogen and oxygen atoms in total. The Morgan fingerprint density at radius 3 is 2.39 bits per heavy atom. The number of carbonyl (C=O) groups excluding carboxylic acids is 1. The van der Waals surface area contributed by atoms with Crippen LogP contribution in [0.15, 0.2) is 48.5 Å². The lowest BCUT2D eigenvalue weighted by Gasteiger charge is -2.17. The topological polar surface area (TPSA) is 86.7 Å². The molecule has 7 heteroatoms. The van der Waals surface area contributed by atoms with Gasteiger partial charge in [-0.15, -0.1) is 0 Å². The van der Waals surface area contributed by atoms with Gasteiger partial charge in [-0.3, -0.25) is 9.10 Å². The van der Waals surface area contributed by atoms with Crippen LogP contribution in [0.1, 0.15) is 16.8 Å². The van der Waals surface area contributed by atoms with E-state index in [1.165, 1.54) is 16.4 Å². The summed E-state index contributed by atoms with van der Waals surface area (Å²) in [5, 5.41) is 12.3. The summed E-state index contributed by atoms with van der Waals surface area (Å²) in [6.07, 6.45) is 0.619. The van der Waals surface area contributed by atoms with E-state index in [0.29, 0.717) is 24.3 Å². The van der Waals surface area contributed by atoms with Crippen molar-refractivity contribution in [2.45, 2.75) is 6.42 Å². The number of sulfonamides is 1. The number of amides is 1. The minimum absolute atomic E-state index is 0.0928. The number of phenols is 1. The second kappa shape index (κ2) is 5.92. The molecular weight excluding hydrogens is 316 g/mol. The number of phenolic OH excluding ortho intramolecular Hbond substituents is 1. The summed E-state index contributed by atoms with van der Waals surface area (Å²) in [6, 6.07) is 12.9. The van der Waals surface area contributed by atoms with E-state index in [2.05, 4.69) is 5.32 Å². The zero-order valence-electron chi connectivity index (χ0n) is 12.3. The highest BCUT2D eigenvalue weighted by molar-refractivity contribution is 7.93. The van der Waals surface area contributed by atoms with Crippen LogP contribution in [0.5, 0.6) is 5.75 Å². The van der Waals surface area contributed by atoms with Crippen LogP contribution in [-0.4, -0.2) is 31.7 Å². The van der Waals surface area contributed by atoms with Crippen LogP contribution in [0.2, 0.25) is 0 Å². The number of hydrogen-bond donors (Lipinski definition) is 2. The normalized spacial score (nSPS) is 16.3. The first-order chi connectivity index (χ1) is 11.0. The lowest BCUT2D eigenvalue weighted by atomic mass is 10.2. The fraction of sp³-hybridized carbons (Fsp3) is 0.188. The minimum atomic E-state index is -3.21. The van der Waals surface area contributed by atoms with Crippen LogP contribution in [0, 0.1) is 0 Å². The summed E-state index contributed by atoms with van der Waals surface area (Å²) < 4.78 is 25.1. The van der Waals surface area contributed by atoms with Gasteiger partial charge in [-0.05, 0) is 42.8 Å². The first-order valence-corrected chi connectivity index (χ1v) is 8.78. The molecule has 0 radical (unpaired) electrons. The lowest BCUT2D eigenvalue weighted by molar-refractivity contribution is 0.102. The number of aromatic hydroxyl groups is 1. The molecule has 2 N–H and O–H groups in total. The van der Waals surface area contributed by atoms with Gasteiger partial charge >= 0.3 is 0 Å². The highest BCUT2D eigenvalue weighted by atomic mass is 32.2. The van der Waals surface area contributed by atoms with Gasteiger partial charge in [0.15, 0.2) is 0 Å². The van der Waals surface area contributed by atoms with Crippen LogP contribution in [0.25, 0.3) is 0 Å². The third-order valence-corrected chi connectivity index (χ3v) is 5.53. The molecule has 0 saturated carbocycles. The molecule has 120 valence electrons. The van der Waals surface area contributed by atoms with Gasteiger partial charge in [-0.1, -0.05) is 12.1 Å². The summed E-state index contributed by atoms with van der Waals surface area (Å²) in [4.78, 5) is 12.1. The third kappa shape index (κ3) is 3.14. The number of nitrogens with zero attached hydrogens (tertiary/aromatic N) is 1. The summed E-state index contributed by atoms with van der Waals surface area (Å²) in [5.74, 6) is -0.354. The molecule has 23 heavy (non-hydrogen) atoms. The third-order valence-electron chi connectivity index (χ3n) is 3.66. The molecular formula is C16H16N2O4S. The number of hydrogen-bond acceptors (Lipinski definition) is 4. The Labute approximate surface area is 134 Å². The van der Waals surface area contributed by atoms with E-state index < -0.39 is 15.9 Å². The van der Waals surface area contributed by atoms with Crippen molar-refractivity contribution in [3.8, 4) is 5.75 Å². The van der Waals surface area contributed by atoms with Gasteiger partial charge < -0.3 is 10.4 Å². The second-order valence-corrected chi connectivity index (χ2v) is 7.27. The Morgan fingerprint density at radius 2 is 1.78 bits per heavy atom. The molecule has 0 atom stereocenters. The summed E-state index contributed by atoms with van der Waals surface area (Å²) in [7, 11) is -3.21. The zero-order valence-corrected chi connectivity index (χ0v) is 13.1. The number of nitrogens with one attached hydrogen (secondary N) is 1. The predicted molar refractivity (Wildman–Crippen MR) is 88.3 cm³/mol. The Bertz CT molecular complexity index is 831. The van der Waals surface area contributed by atoms with Crippen molar-refractivity contribution in [1.29, 1.82) is 0 Å². The Kier molecular flexibility index (Phi) is 3.96. The zero-order chi connectivity index (χ0) is 16.4. The highest BCUT2D eigenvalue weighted by Gasteiger charge is 2.28. The van der Waals surface area contributed by atoms with E-state index in [-0.39, 0.29) is 17.1 Å². The van der Waals surface area contributed by atoms with Crippen molar-refractivity contribution in [2.75, 3.05) is 21.9 Å². The first kappa shape index (κ1) is 15.4. The number of para-hydroxylation sites is 1. The fourth-order valence-corrected chi connectivity index (χ4v) is 4.07. The van der Waals surface area contributed by atoms with Gasteiger partial charge in [-0.2, -0.15) is 0 Å². The van der Waals surface area contributed by atoms with E-state index >= 15 is 0 Å². The predicted octanol–water partition coefficient (Wildman–Crippen LogP) is 2.18. The highest BCUT2D eigenvalue weighted by Crippen LogP contribution is 2.26. The molecule has 1 aliphatic heterocycles. The standard InChI is InChI=1S/C16H16N2O4S/c19-15-5-2-1-4-14(15)16(20)17-12-6-8-13(9-7-12)18-10-3-11-23(18,21)22/h1-2,4-9,19H,3,10-11H2,(H,17,20). The fourth-order valence-electron chi connectivity index (χ4n) is 2.50. The van der Waals surface area contributed by atoms with Crippen LogP contribution >= 0.6 is 0 Å². The molecule has 0 bridgehead atoms. The average Bonchev–Trinajstić information content (AvgIpc) is 2.88. The van der Waals surface area contributed by atoms with E-state index in [0.717, 1.165) is 0 Å². The van der Waals surface area contributed by atoms with Gasteiger partial charge in [0.1, 0.15) is 5.75 Å². The van der Waals surface area contributed by atoms with Crippen molar-refractivity contribution < 1.29 is 18.3 Å². The van der Waals surface area contributed by atoms with Gasteiger partial charge in [0.2, 0.25) is 10.0 Å². The molecule has 2 aromatic rings. The number of anilines is 2. The quantitative estimate of drug-likeness (QED) is 0.902. The van der Waals surface area contributed by atoms with Crippen molar-refractivity contribution >= 4 is 27.3 Å². The van der Waals surface area contributed by atoms with Crippen LogP contribution < -0.4 is 9.62 Å². The Balaban J connectivity index is 1.76. The van der Waals surface area contributed by atoms with Crippen LogP contribution in [0.3, 0.4) is 0 Å². The van der Waals surface area contributed by atoms with Crippen molar-refractivity contribution in [3.05, 3.63) is 54.1 Å². The van der Waals surface area contributed by atoms with E-state index in [1.807, 2.05) is 0 Å². The van der Waals surface area contributed by atoms with Gasteiger partial charge in [0.05, 0.1) is 17.0 Å². The molecule has 0 spiro atoms. The molecule has 0 aromatic heterocycles. The summed E-state index contributed by atoms with van der Waals surface area (Å²) in [5.41, 5.74) is 1.29. The Hall–Kier alpha value is -2.54. The van der Waals surface area contributed by atoms with E-state index in [1.54, 1.807) is 36.4 Å². The molecule has 1 amide bonds. The van der Waals surface area contributed by atoms with Crippen molar-refractivity contribution in [1.82, 2.24) is 0 Å². The maximum absolute atomic E-state index is 12.1. The molecule has 1 saturated heterocycles. The van der Waals surface area contributed by atoms with Gasteiger partial charge in [0.25, 0.3) is 5.91 Å². The molecule has 1 heterocycles. The van der Waals surface area contributed by atoms with Crippen LogP contribution in [-0.2, 0) is 10.0 Å². The molecule has 2 aromatic carbocycles. The first-order valence-electron chi connectivity index (χ1n) is 7.17. The smallest absolute Gasteiger partial charge is 0.259 e. The van der Waals surface area contributed by atoms with Crippen molar-refractivity contribution in [2.24, 2.45) is 0 Å². The summed E-state index contributed by atoms with van der Waals surface area (Å²) in [6.45, 7) is 0.478. The maximum atomic E-state index is 12.1. The van der Waals surface area contributed by atoms with Crippen molar-refractivity contribution in [3.63, 3.8) is 0 Å². The molecule has 3 rings (SSSR count). The number of rotatable bonds is 3. The minimum Gasteiger partial charge on any atom is -0.507 e. The Morgan fingerprint density at radius 1 is 1.09 bits per heavy atom. The SMILES string of the molecule is O=C(Nc1ccc(N2CCCS2(=O)=O)cc1)c1ccccc1O. The monoisotopic (exact) mass is 332 g/mol. The molecule has 1 fully saturated rings. The number of benzene rings is 2. The second-order valence-electron chi connectivity index (χ2n) is 5.26. The van der Waals surface area contributed by atoms with Gasteiger partial charge in [-0.25, -0.2) is 8.42 Å². The molecule has 0 aliphatic carbocycles. The average molecular weight is 332 g/mol. The maximum Gasteiger partial charge on any atom is 0.259 e. The summed E-state index contributed by atoms with van der Waals surface area (Å²) >= 11 is 0. The van der Waals surface area contributed by atoms with E-state index in [9.17, 15) is 18.3 Å². The molecule has 0 unspecified atom stereocenters. The van der Waals surface area contributed by atoms with E-state index in [4.69, 9.17) is 0 Å². The van der Waals surface area contributed by atoms with Gasteiger partial charge in [0, 0.05) is 12.2 Å². The lowest BCUT2D eigenvalue weighted by Crippen LogP contribution is -2.24. The largest absolute Gasteiger partial charge is 0.507 e. The number of carbonyl (C=O) groups is 1.